The fourth-order valence-corrected chi connectivity index (χ4v) is 4.41. The third-order valence-electron chi connectivity index (χ3n) is 6.28. The molecule has 2 heterocycles. The van der Waals surface area contributed by atoms with Gasteiger partial charge in [0.25, 0.3) is 5.91 Å². The molecule has 2 fully saturated rings. The first-order valence-corrected chi connectivity index (χ1v) is 11.1. The molecule has 0 aromatic heterocycles. The van der Waals surface area contributed by atoms with E-state index in [0.717, 1.165) is 0 Å². The Kier molecular flexibility index (Phi) is 6.26. The van der Waals surface area contributed by atoms with E-state index in [-0.39, 0.29) is 36.6 Å². The molecule has 0 radical (unpaired) electrons. The number of benzene rings is 2. The van der Waals surface area contributed by atoms with Crippen LogP contribution in [0, 0.1) is 5.82 Å². The molecule has 32 heavy (non-hydrogen) atoms. The molecule has 0 bridgehead atoms. The van der Waals surface area contributed by atoms with Crippen molar-refractivity contribution in [2.45, 2.75) is 38.8 Å². The summed E-state index contributed by atoms with van der Waals surface area (Å²) in [4.78, 5) is 43.8. The van der Waals surface area contributed by atoms with Crippen LogP contribution >= 0.6 is 0 Å². The van der Waals surface area contributed by atoms with Gasteiger partial charge in [0.1, 0.15) is 18.4 Å². The maximum atomic E-state index is 13.5. The van der Waals surface area contributed by atoms with Gasteiger partial charge in [0.15, 0.2) is 0 Å². The average molecular weight is 438 g/mol. The molecular formula is C25H28FN3O3. The van der Waals surface area contributed by atoms with Crippen LogP contribution in [-0.2, 0) is 16.1 Å². The molecule has 0 N–H and O–H groups in total. The summed E-state index contributed by atoms with van der Waals surface area (Å²) >= 11 is 0. The summed E-state index contributed by atoms with van der Waals surface area (Å²) in [5.74, 6) is -0.353. The van der Waals surface area contributed by atoms with Crippen LogP contribution in [-0.4, -0.2) is 64.6 Å². The first-order chi connectivity index (χ1) is 15.3. The quantitative estimate of drug-likeness (QED) is 0.739. The van der Waals surface area contributed by atoms with Gasteiger partial charge in [0.2, 0.25) is 11.8 Å². The summed E-state index contributed by atoms with van der Waals surface area (Å²) in [6.45, 7) is 5.50. The van der Waals surface area contributed by atoms with Crippen molar-refractivity contribution in [1.29, 1.82) is 0 Å². The summed E-state index contributed by atoms with van der Waals surface area (Å²) < 4.78 is 13.5. The van der Waals surface area contributed by atoms with Gasteiger partial charge in [-0.1, -0.05) is 38.1 Å². The average Bonchev–Trinajstić information content (AvgIpc) is 3.01. The van der Waals surface area contributed by atoms with Crippen molar-refractivity contribution in [1.82, 2.24) is 14.7 Å². The van der Waals surface area contributed by atoms with Gasteiger partial charge in [-0.3, -0.25) is 14.4 Å². The maximum absolute atomic E-state index is 13.5. The number of rotatable bonds is 4. The summed E-state index contributed by atoms with van der Waals surface area (Å²) in [6, 6.07) is 13.1. The SMILES string of the molecule is CC(C)c1ccc(C(=O)N2CCC3C(=O)N(Cc4cccc(F)c4)CC(=O)N3CC2)cc1. The van der Waals surface area contributed by atoms with Crippen molar-refractivity contribution < 1.29 is 18.8 Å². The monoisotopic (exact) mass is 437 g/mol. The Hall–Kier alpha value is -3.22. The minimum atomic E-state index is -0.592. The van der Waals surface area contributed by atoms with Crippen molar-refractivity contribution in [3.63, 3.8) is 0 Å². The zero-order chi connectivity index (χ0) is 22.8. The van der Waals surface area contributed by atoms with Gasteiger partial charge in [0.05, 0.1) is 0 Å². The van der Waals surface area contributed by atoms with Crippen molar-refractivity contribution in [2.24, 2.45) is 0 Å². The molecule has 0 saturated carbocycles. The van der Waals surface area contributed by atoms with Gasteiger partial charge >= 0.3 is 0 Å². The molecule has 3 amide bonds. The molecule has 2 aliphatic heterocycles. The molecule has 2 saturated heterocycles. The second-order valence-electron chi connectivity index (χ2n) is 8.78. The summed E-state index contributed by atoms with van der Waals surface area (Å²) in [7, 11) is 0. The molecule has 1 unspecified atom stereocenters. The molecule has 2 aromatic carbocycles. The van der Waals surface area contributed by atoms with Crippen LogP contribution in [0.5, 0.6) is 0 Å². The van der Waals surface area contributed by atoms with Crippen molar-refractivity contribution >= 4 is 17.7 Å². The van der Waals surface area contributed by atoms with E-state index >= 15 is 0 Å². The number of hydrogen-bond acceptors (Lipinski definition) is 3. The van der Waals surface area contributed by atoms with Crippen LogP contribution in [0.3, 0.4) is 0 Å². The predicted octanol–water partition coefficient (Wildman–Crippen LogP) is 3.03. The lowest BCUT2D eigenvalue weighted by Gasteiger charge is -2.39. The molecule has 2 aliphatic rings. The van der Waals surface area contributed by atoms with E-state index in [2.05, 4.69) is 13.8 Å². The largest absolute Gasteiger partial charge is 0.337 e. The third kappa shape index (κ3) is 4.52. The highest BCUT2D eigenvalue weighted by atomic mass is 19.1. The van der Waals surface area contributed by atoms with E-state index in [1.807, 2.05) is 24.3 Å². The Morgan fingerprint density at radius 3 is 2.50 bits per heavy atom. The minimum absolute atomic E-state index is 0.0313. The number of hydrogen-bond donors (Lipinski definition) is 0. The maximum Gasteiger partial charge on any atom is 0.253 e. The predicted molar refractivity (Wildman–Crippen MR) is 118 cm³/mol. The second-order valence-corrected chi connectivity index (χ2v) is 8.78. The normalized spacial score (nSPS) is 19.2. The van der Waals surface area contributed by atoms with Crippen LogP contribution < -0.4 is 0 Å². The Morgan fingerprint density at radius 2 is 1.81 bits per heavy atom. The van der Waals surface area contributed by atoms with Gasteiger partial charge < -0.3 is 14.7 Å². The van der Waals surface area contributed by atoms with E-state index < -0.39 is 6.04 Å². The van der Waals surface area contributed by atoms with Gasteiger partial charge in [0, 0.05) is 31.7 Å². The molecule has 6 nitrogen and oxygen atoms in total. The van der Waals surface area contributed by atoms with Crippen molar-refractivity contribution in [2.75, 3.05) is 26.2 Å². The Morgan fingerprint density at radius 1 is 1.06 bits per heavy atom. The summed E-state index contributed by atoms with van der Waals surface area (Å²) in [6.07, 6.45) is 0.389. The molecule has 4 rings (SSSR count). The van der Waals surface area contributed by atoms with E-state index in [9.17, 15) is 18.8 Å². The van der Waals surface area contributed by atoms with Crippen LogP contribution in [0.1, 0.15) is 47.7 Å². The van der Waals surface area contributed by atoms with Crippen LogP contribution in [0.2, 0.25) is 0 Å². The number of carbonyl (C=O) groups is 3. The molecular weight excluding hydrogens is 409 g/mol. The number of fused-ring (bicyclic) bond motifs is 1. The first kappa shape index (κ1) is 22.0. The fourth-order valence-electron chi connectivity index (χ4n) is 4.41. The standard InChI is InChI=1S/C25H28FN3O3/c1-17(2)19-6-8-20(9-7-19)24(31)27-11-10-22-25(32)28(16-23(30)29(22)13-12-27)15-18-4-3-5-21(26)14-18/h3-9,14,17,22H,10-13,15-16H2,1-2H3. The lowest BCUT2D eigenvalue weighted by Crippen LogP contribution is -2.59. The van der Waals surface area contributed by atoms with E-state index in [1.165, 1.54) is 22.6 Å². The number of halogens is 1. The highest BCUT2D eigenvalue weighted by molar-refractivity contribution is 5.96. The van der Waals surface area contributed by atoms with Gasteiger partial charge in [-0.05, 0) is 47.7 Å². The van der Waals surface area contributed by atoms with Crippen molar-refractivity contribution in [3.05, 3.63) is 71.0 Å². The van der Waals surface area contributed by atoms with Crippen LogP contribution in [0.25, 0.3) is 0 Å². The Labute approximate surface area is 187 Å². The lowest BCUT2D eigenvalue weighted by molar-refractivity contribution is -0.156. The van der Waals surface area contributed by atoms with Gasteiger partial charge in [-0.25, -0.2) is 4.39 Å². The molecule has 0 spiro atoms. The Bertz CT molecular complexity index is 1020. The molecule has 0 aliphatic carbocycles. The first-order valence-electron chi connectivity index (χ1n) is 11.1. The zero-order valence-electron chi connectivity index (χ0n) is 18.5. The van der Waals surface area contributed by atoms with Crippen molar-refractivity contribution in [3.8, 4) is 0 Å². The zero-order valence-corrected chi connectivity index (χ0v) is 18.5. The number of nitrogens with zero attached hydrogens (tertiary/aromatic N) is 3. The topological polar surface area (TPSA) is 60.9 Å². The van der Waals surface area contributed by atoms with E-state index in [1.54, 1.807) is 21.9 Å². The van der Waals surface area contributed by atoms with Crippen LogP contribution in [0.15, 0.2) is 48.5 Å². The summed E-state index contributed by atoms with van der Waals surface area (Å²) in [5.41, 5.74) is 2.43. The van der Waals surface area contributed by atoms with E-state index in [4.69, 9.17) is 0 Å². The molecule has 168 valence electrons. The summed E-state index contributed by atoms with van der Waals surface area (Å²) in [5, 5.41) is 0. The molecule has 7 heteroatoms. The number of piperazine rings is 1. The number of carbonyl (C=O) groups excluding carboxylic acids is 3. The highest BCUT2D eigenvalue weighted by Gasteiger charge is 2.41. The minimum Gasteiger partial charge on any atom is -0.337 e. The third-order valence-corrected chi connectivity index (χ3v) is 6.28. The molecule has 1 atom stereocenters. The second kappa shape index (κ2) is 9.10. The highest BCUT2D eigenvalue weighted by Crippen LogP contribution is 2.22. The lowest BCUT2D eigenvalue weighted by atomic mass is 10.0. The Balaban J connectivity index is 1.45. The smallest absolute Gasteiger partial charge is 0.253 e. The van der Waals surface area contributed by atoms with Gasteiger partial charge in [-0.15, -0.1) is 0 Å². The molecule has 2 aromatic rings. The van der Waals surface area contributed by atoms with Crippen LogP contribution in [0.4, 0.5) is 4.39 Å². The van der Waals surface area contributed by atoms with Gasteiger partial charge in [-0.2, -0.15) is 0 Å². The number of amides is 3. The fraction of sp³-hybridized carbons (Fsp3) is 0.400. The van der Waals surface area contributed by atoms with E-state index in [0.29, 0.717) is 43.1 Å².